The van der Waals surface area contributed by atoms with E-state index in [1.807, 2.05) is 0 Å². The number of aromatic nitrogens is 1. The molecule has 0 fully saturated rings. The van der Waals surface area contributed by atoms with Gasteiger partial charge in [0.1, 0.15) is 0 Å². The fourth-order valence-electron chi connectivity index (χ4n) is 2.23. The van der Waals surface area contributed by atoms with Gasteiger partial charge in [-0.3, -0.25) is 9.59 Å². The van der Waals surface area contributed by atoms with Gasteiger partial charge in [-0.25, -0.2) is 4.98 Å². The summed E-state index contributed by atoms with van der Waals surface area (Å²) in [6.07, 6.45) is 1.30. The highest BCUT2D eigenvalue weighted by molar-refractivity contribution is 7.17. The van der Waals surface area contributed by atoms with Gasteiger partial charge in [-0.15, -0.1) is 0 Å². The topological polar surface area (TPSA) is 85.1 Å². The normalized spacial score (nSPS) is 20.1. The number of hydrogen-bond donors (Lipinski definition) is 2. The first-order valence-corrected chi connectivity index (χ1v) is 7.60. The van der Waals surface area contributed by atoms with Crippen LogP contribution in [0, 0.1) is 11.3 Å². The maximum absolute atomic E-state index is 12.1. The van der Waals surface area contributed by atoms with Crippen LogP contribution in [0.15, 0.2) is 0 Å². The van der Waals surface area contributed by atoms with Crippen LogP contribution in [0.3, 0.4) is 0 Å². The van der Waals surface area contributed by atoms with Crippen molar-refractivity contribution >= 4 is 28.2 Å². The van der Waals surface area contributed by atoms with Crippen LogP contribution in [0.5, 0.6) is 0 Å². The Kier molecular flexibility index (Phi) is 3.97. The Hall–Kier alpha value is -1.27. The molecule has 0 spiro atoms. The fourth-order valence-corrected chi connectivity index (χ4v) is 3.15. The van der Waals surface area contributed by atoms with Crippen molar-refractivity contribution in [2.75, 3.05) is 5.32 Å². The van der Waals surface area contributed by atoms with Gasteiger partial charge in [0.25, 0.3) is 0 Å². The van der Waals surface area contributed by atoms with Gasteiger partial charge >= 0.3 is 0 Å². The molecule has 0 aliphatic heterocycles. The van der Waals surface area contributed by atoms with Crippen molar-refractivity contribution in [2.45, 2.75) is 46.6 Å². The van der Waals surface area contributed by atoms with E-state index in [4.69, 9.17) is 5.73 Å². The maximum atomic E-state index is 12.1. The SMILES string of the molecule is CC(N)C(C)C(=O)Nc1nc2c(s1)C(=O)CC(C)(C)C2. The molecular weight excluding hydrogens is 274 g/mol. The highest BCUT2D eigenvalue weighted by Crippen LogP contribution is 2.38. The Bertz CT molecular complexity index is 549. The fraction of sp³-hybridized carbons (Fsp3) is 0.643. The number of amides is 1. The number of nitrogens with two attached hydrogens (primary N) is 1. The lowest BCUT2D eigenvalue weighted by atomic mass is 9.78. The zero-order valence-corrected chi connectivity index (χ0v) is 13.1. The van der Waals surface area contributed by atoms with E-state index in [2.05, 4.69) is 24.1 Å². The van der Waals surface area contributed by atoms with Gasteiger partial charge in [0.2, 0.25) is 5.91 Å². The monoisotopic (exact) mass is 295 g/mol. The van der Waals surface area contributed by atoms with E-state index in [0.29, 0.717) is 16.4 Å². The average molecular weight is 295 g/mol. The molecule has 110 valence electrons. The van der Waals surface area contributed by atoms with Crippen LogP contribution in [-0.2, 0) is 11.2 Å². The van der Waals surface area contributed by atoms with E-state index in [1.165, 1.54) is 11.3 Å². The molecule has 1 heterocycles. The van der Waals surface area contributed by atoms with Crippen LogP contribution in [-0.4, -0.2) is 22.7 Å². The molecule has 1 aromatic heterocycles. The number of ketones is 1. The molecule has 1 aliphatic carbocycles. The molecule has 1 amide bonds. The van der Waals surface area contributed by atoms with Crippen molar-refractivity contribution in [2.24, 2.45) is 17.1 Å². The molecule has 2 rings (SSSR count). The predicted molar refractivity (Wildman–Crippen MR) is 80.0 cm³/mol. The van der Waals surface area contributed by atoms with Crippen LogP contribution in [0.2, 0.25) is 0 Å². The van der Waals surface area contributed by atoms with Gasteiger partial charge in [0, 0.05) is 12.5 Å². The molecule has 0 radical (unpaired) electrons. The zero-order valence-electron chi connectivity index (χ0n) is 12.3. The first kappa shape index (κ1) is 15.1. The van der Waals surface area contributed by atoms with Crippen molar-refractivity contribution < 1.29 is 9.59 Å². The Morgan fingerprint density at radius 2 is 2.05 bits per heavy atom. The summed E-state index contributed by atoms with van der Waals surface area (Å²) in [5.74, 6) is -0.324. The zero-order chi connectivity index (χ0) is 15.1. The summed E-state index contributed by atoms with van der Waals surface area (Å²) in [5, 5.41) is 3.26. The number of nitrogens with one attached hydrogen (secondary N) is 1. The van der Waals surface area contributed by atoms with E-state index in [-0.39, 0.29) is 29.1 Å². The number of anilines is 1. The van der Waals surface area contributed by atoms with Gasteiger partial charge in [-0.1, -0.05) is 32.1 Å². The largest absolute Gasteiger partial charge is 0.327 e. The first-order valence-electron chi connectivity index (χ1n) is 6.79. The highest BCUT2D eigenvalue weighted by Gasteiger charge is 2.34. The third-order valence-corrected chi connectivity index (χ3v) is 4.72. The van der Waals surface area contributed by atoms with Gasteiger partial charge in [-0.2, -0.15) is 0 Å². The van der Waals surface area contributed by atoms with Crippen molar-refractivity contribution in [3.05, 3.63) is 10.6 Å². The number of thiazole rings is 1. The van der Waals surface area contributed by atoms with Gasteiger partial charge < -0.3 is 11.1 Å². The highest BCUT2D eigenvalue weighted by atomic mass is 32.1. The minimum Gasteiger partial charge on any atom is -0.327 e. The minimum absolute atomic E-state index is 0.0570. The summed E-state index contributed by atoms with van der Waals surface area (Å²) in [6.45, 7) is 7.69. The summed E-state index contributed by atoms with van der Waals surface area (Å²) in [5.41, 5.74) is 6.46. The number of hydrogen-bond acceptors (Lipinski definition) is 5. The Labute approximate surface area is 123 Å². The third kappa shape index (κ3) is 3.07. The lowest BCUT2D eigenvalue weighted by molar-refractivity contribution is -0.119. The van der Waals surface area contributed by atoms with Crippen molar-refractivity contribution in [1.82, 2.24) is 4.98 Å². The molecule has 3 N–H and O–H groups in total. The lowest BCUT2D eigenvalue weighted by Gasteiger charge is -2.26. The maximum Gasteiger partial charge on any atom is 0.230 e. The van der Waals surface area contributed by atoms with Gasteiger partial charge in [0.05, 0.1) is 16.5 Å². The second kappa shape index (κ2) is 5.26. The average Bonchev–Trinajstić information content (AvgIpc) is 2.68. The molecule has 2 atom stereocenters. The number of fused-ring (bicyclic) bond motifs is 1. The smallest absolute Gasteiger partial charge is 0.230 e. The second-order valence-corrected chi connectivity index (χ2v) is 7.37. The molecule has 0 saturated carbocycles. The van der Waals surface area contributed by atoms with E-state index in [1.54, 1.807) is 13.8 Å². The van der Waals surface area contributed by atoms with Crippen molar-refractivity contribution in [3.8, 4) is 0 Å². The number of carbonyl (C=O) groups is 2. The van der Waals surface area contributed by atoms with E-state index in [9.17, 15) is 9.59 Å². The summed E-state index contributed by atoms with van der Waals surface area (Å²) in [4.78, 5) is 29.1. The predicted octanol–water partition coefficient (Wildman–Crippen LogP) is 2.22. The molecule has 5 nitrogen and oxygen atoms in total. The summed E-state index contributed by atoms with van der Waals surface area (Å²) < 4.78 is 0. The third-order valence-electron chi connectivity index (χ3n) is 3.67. The van der Waals surface area contributed by atoms with Gasteiger partial charge in [0.15, 0.2) is 10.9 Å². The van der Waals surface area contributed by atoms with E-state index in [0.717, 1.165) is 12.1 Å². The Balaban J connectivity index is 2.17. The Morgan fingerprint density at radius 1 is 1.40 bits per heavy atom. The van der Waals surface area contributed by atoms with E-state index >= 15 is 0 Å². The van der Waals surface area contributed by atoms with Crippen LogP contribution in [0.1, 0.15) is 49.5 Å². The molecule has 1 aliphatic rings. The van der Waals surface area contributed by atoms with E-state index < -0.39 is 0 Å². The number of carbonyl (C=O) groups excluding carboxylic acids is 2. The standard InChI is InChI=1S/C14H21N3O2S/c1-7(8(2)15)12(19)17-13-16-9-5-14(3,4)6-10(18)11(9)20-13/h7-8H,5-6,15H2,1-4H3,(H,16,17,19). The molecule has 6 heteroatoms. The van der Waals surface area contributed by atoms with Crippen molar-refractivity contribution in [1.29, 1.82) is 0 Å². The molecule has 0 bridgehead atoms. The second-order valence-electron chi connectivity index (χ2n) is 6.37. The molecule has 0 aromatic carbocycles. The molecule has 0 saturated heterocycles. The van der Waals surface area contributed by atoms with Crippen LogP contribution in [0.4, 0.5) is 5.13 Å². The van der Waals surface area contributed by atoms with Crippen LogP contribution >= 0.6 is 11.3 Å². The Morgan fingerprint density at radius 3 is 2.65 bits per heavy atom. The summed E-state index contributed by atoms with van der Waals surface area (Å²) >= 11 is 1.27. The van der Waals surface area contributed by atoms with Gasteiger partial charge in [-0.05, 0) is 18.8 Å². The van der Waals surface area contributed by atoms with Crippen LogP contribution in [0.25, 0.3) is 0 Å². The first-order chi connectivity index (χ1) is 9.19. The molecule has 1 aromatic rings. The number of Topliss-reactive ketones (excluding diaryl/α,β-unsaturated/α-hetero) is 1. The minimum atomic E-state index is -0.289. The summed E-state index contributed by atoms with van der Waals surface area (Å²) in [6, 6.07) is -0.217. The lowest BCUT2D eigenvalue weighted by Crippen LogP contribution is -2.34. The quantitative estimate of drug-likeness (QED) is 0.895. The number of nitrogens with zero attached hydrogens (tertiary/aromatic N) is 1. The molecule has 2 unspecified atom stereocenters. The number of rotatable bonds is 3. The van der Waals surface area contributed by atoms with Crippen molar-refractivity contribution in [3.63, 3.8) is 0 Å². The molecular formula is C14H21N3O2S. The summed E-state index contributed by atoms with van der Waals surface area (Å²) in [7, 11) is 0. The molecule has 20 heavy (non-hydrogen) atoms. The van der Waals surface area contributed by atoms with Crippen LogP contribution < -0.4 is 11.1 Å².